The fourth-order valence-corrected chi connectivity index (χ4v) is 2.65. The fourth-order valence-electron chi connectivity index (χ4n) is 1.79. The summed E-state index contributed by atoms with van der Waals surface area (Å²) in [6.45, 7) is 4.62. The number of hydrogen-bond donors (Lipinski definition) is 1. The lowest BCUT2D eigenvalue weighted by Gasteiger charge is -2.14. The van der Waals surface area contributed by atoms with Crippen LogP contribution in [0.25, 0.3) is 0 Å². The minimum atomic E-state index is -0.544. The maximum Gasteiger partial charge on any atom is 0.130 e. The van der Waals surface area contributed by atoms with E-state index < -0.39 is 11.6 Å². The van der Waals surface area contributed by atoms with Crippen molar-refractivity contribution >= 4 is 11.3 Å². The van der Waals surface area contributed by atoms with E-state index >= 15 is 0 Å². The van der Waals surface area contributed by atoms with Crippen molar-refractivity contribution in [2.75, 3.05) is 0 Å². The smallest absolute Gasteiger partial charge is 0.130 e. The second kappa shape index (κ2) is 5.59. The SMILES string of the molecule is Cc1ccsc1CNC(C)c1ccc(F)cc1F. The Bertz CT molecular complexity index is 536. The second-order valence-electron chi connectivity index (χ2n) is 4.30. The Labute approximate surface area is 109 Å². The molecule has 0 radical (unpaired) electrons. The van der Waals surface area contributed by atoms with Gasteiger partial charge in [-0.05, 0) is 36.9 Å². The fraction of sp³-hybridized carbons (Fsp3) is 0.286. The maximum absolute atomic E-state index is 13.6. The quantitative estimate of drug-likeness (QED) is 0.876. The molecule has 0 fully saturated rings. The molecule has 0 saturated heterocycles. The Balaban J connectivity index is 2.03. The summed E-state index contributed by atoms with van der Waals surface area (Å²) in [7, 11) is 0. The van der Waals surface area contributed by atoms with Crippen LogP contribution < -0.4 is 5.32 Å². The van der Waals surface area contributed by atoms with E-state index in [2.05, 4.69) is 18.3 Å². The minimum Gasteiger partial charge on any atom is -0.305 e. The first-order valence-electron chi connectivity index (χ1n) is 5.79. The zero-order valence-corrected chi connectivity index (χ0v) is 11.2. The lowest BCUT2D eigenvalue weighted by molar-refractivity contribution is 0.519. The van der Waals surface area contributed by atoms with Crippen LogP contribution in [-0.2, 0) is 6.54 Å². The lowest BCUT2D eigenvalue weighted by Crippen LogP contribution is -2.19. The van der Waals surface area contributed by atoms with Gasteiger partial charge in [-0.1, -0.05) is 6.07 Å². The van der Waals surface area contributed by atoms with Gasteiger partial charge >= 0.3 is 0 Å². The summed E-state index contributed by atoms with van der Waals surface area (Å²) >= 11 is 1.68. The van der Waals surface area contributed by atoms with Gasteiger partial charge in [-0.25, -0.2) is 8.78 Å². The molecule has 2 rings (SSSR count). The predicted octanol–water partition coefficient (Wildman–Crippen LogP) is 4.19. The molecule has 1 aromatic carbocycles. The summed E-state index contributed by atoms with van der Waals surface area (Å²) in [5.74, 6) is -1.05. The molecule has 18 heavy (non-hydrogen) atoms. The van der Waals surface area contributed by atoms with Crippen molar-refractivity contribution in [3.05, 3.63) is 57.3 Å². The molecule has 0 amide bonds. The van der Waals surface area contributed by atoms with Gasteiger partial charge in [0.1, 0.15) is 11.6 Å². The third-order valence-electron chi connectivity index (χ3n) is 2.97. The number of aryl methyl sites for hydroxylation is 1. The van der Waals surface area contributed by atoms with Crippen LogP contribution in [0.1, 0.15) is 29.0 Å². The van der Waals surface area contributed by atoms with Crippen LogP contribution >= 0.6 is 11.3 Å². The van der Waals surface area contributed by atoms with Gasteiger partial charge in [0.2, 0.25) is 0 Å². The van der Waals surface area contributed by atoms with Gasteiger partial charge in [-0.15, -0.1) is 11.3 Å². The maximum atomic E-state index is 13.6. The number of nitrogens with one attached hydrogen (secondary N) is 1. The number of thiophene rings is 1. The van der Waals surface area contributed by atoms with E-state index in [1.807, 2.05) is 12.3 Å². The highest BCUT2D eigenvalue weighted by Crippen LogP contribution is 2.20. The van der Waals surface area contributed by atoms with E-state index in [0.717, 1.165) is 6.07 Å². The molecular formula is C14H15F2NS. The molecule has 1 unspecified atom stereocenters. The van der Waals surface area contributed by atoms with Crippen molar-refractivity contribution in [2.45, 2.75) is 26.4 Å². The Morgan fingerprint density at radius 3 is 2.67 bits per heavy atom. The predicted molar refractivity (Wildman–Crippen MR) is 70.7 cm³/mol. The zero-order chi connectivity index (χ0) is 13.1. The molecule has 1 aromatic heterocycles. The Morgan fingerprint density at radius 1 is 1.28 bits per heavy atom. The number of halogens is 2. The van der Waals surface area contributed by atoms with E-state index in [1.54, 1.807) is 11.3 Å². The third kappa shape index (κ3) is 2.94. The number of rotatable bonds is 4. The molecule has 1 N–H and O–H groups in total. The van der Waals surface area contributed by atoms with Crippen molar-refractivity contribution in [1.29, 1.82) is 0 Å². The first-order chi connectivity index (χ1) is 8.58. The Morgan fingerprint density at radius 2 is 2.06 bits per heavy atom. The van der Waals surface area contributed by atoms with Crippen molar-refractivity contribution in [2.24, 2.45) is 0 Å². The summed E-state index contributed by atoms with van der Waals surface area (Å²) in [4.78, 5) is 1.24. The van der Waals surface area contributed by atoms with Gasteiger partial charge in [-0.2, -0.15) is 0 Å². The monoisotopic (exact) mass is 267 g/mol. The molecular weight excluding hydrogens is 252 g/mol. The highest BCUT2D eigenvalue weighted by Gasteiger charge is 2.11. The zero-order valence-electron chi connectivity index (χ0n) is 10.3. The van der Waals surface area contributed by atoms with Gasteiger partial charge in [0.05, 0.1) is 0 Å². The highest BCUT2D eigenvalue weighted by atomic mass is 32.1. The first kappa shape index (κ1) is 13.2. The Kier molecular flexibility index (Phi) is 4.09. The molecule has 2 aromatic rings. The molecule has 1 nitrogen and oxygen atoms in total. The summed E-state index contributed by atoms with van der Waals surface area (Å²) < 4.78 is 26.4. The van der Waals surface area contributed by atoms with Crippen LogP contribution in [0.2, 0.25) is 0 Å². The summed E-state index contributed by atoms with van der Waals surface area (Å²) in [5, 5.41) is 5.29. The largest absolute Gasteiger partial charge is 0.305 e. The standard InChI is InChI=1S/C14H15F2NS/c1-9-5-6-18-14(9)8-17-10(2)12-4-3-11(15)7-13(12)16/h3-7,10,17H,8H2,1-2H3. The number of benzene rings is 1. The second-order valence-corrected chi connectivity index (χ2v) is 5.30. The normalized spacial score (nSPS) is 12.7. The van der Waals surface area contributed by atoms with Crippen LogP contribution in [-0.4, -0.2) is 0 Å². The van der Waals surface area contributed by atoms with Gasteiger partial charge < -0.3 is 5.32 Å². The van der Waals surface area contributed by atoms with Gasteiger partial charge in [0, 0.05) is 29.1 Å². The van der Waals surface area contributed by atoms with E-state index in [9.17, 15) is 8.78 Å². The molecule has 0 spiro atoms. The topological polar surface area (TPSA) is 12.0 Å². The highest BCUT2D eigenvalue weighted by molar-refractivity contribution is 7.10. The minimum absolute atomic E-state index is 0.146. The van der Waals surface area contributed by atoms with Gasteiger partial charge in [0.25, 0.3) is 0 Å². The van der Waals surface area contributed by atoms with Crippen LogP contribution in [0.5, 0.6) is 0 Å². The summed E-state index contributed by atoms with van der Waals surface area (Å²) in [6.07, 6.45) is 0. The van der Waals surface area contributed by atoms with Crippen LogP contribution in [0.3, 0.4) is 0 Å². The van der Waals surface area contributed by atoms with Crippen molar-refractivity contribution in [3.63, 3.8) is 0 Å². The lowest BCUT2D eigenvalue weighted by atomic mass is 10.1. The van der Waals surface area contributed by atoms with Crippen LogP contribution in [0, 0.1) is 18.6 Å². The van der Waals surface area contributed by atoms with E-state index in [4.69, 9.17) is 0 Å². The Hall–Kier alpha value is -1.26. The van der Waals surface area contributed by atoms with Crippen LogP contribution in [0.4, 0.5) is 8.78 Å². The molecule has 0 bridgehead atoms. The van der Waals surface area contributed by atoms with Crippen molar-refractivity contribution in [3.8, 4) is 0 Å². The molecule has 0 aliphatic carbocycles. The molecule has 0 aliphatic heterocycles. The molecule has 4 heteroatoms. The van der Waals surface area contributed by atoms with Gasteiger partial charge in [0.15, 0.2) is 0 Å². The summed E-state index contributed by atoms with van der Waals surface area (Å²) in [6, 6.07) is 5.61. The number of hydrogen-bond acceptors (Lipinski definition) is 2. The summed E-state index contributed by atoms with van der Waals surface area (Å²) in [5.41, 5.74) is 1.73. The molecule has 96 valence electrons. The van der Waals surface area contributed by atoms with Crippen molar-refractivity contribution in [1.82, 2.24) is 5.32 Å². The first-order valence-corrected chi connectivity index (χ1v) is 6.67. The van der Waals surface area contributed by atoms with E-state index in [-0.39, 0.29) is 6.04 Å². The molecule has 0 saturated carbocycles. The van der Waals surface area contributed by atoms with Crippen LogP contribution in [0.15, 0.2) is 29.6 Å². The van der Waals surface area contributed by atoms with Crippen molar-refractivity contribution < 1.29 is 8.78 Å². The molecule has 1 heterocycles. The molecule has 0 aliphatic rings. The third-order valence-corrected chi connectivity index (χ3v) is 3.99. The van der Waals surface area contributed by atoms with Gasteiger partial charge in [-0.3, -0.25) is 0 Å². The van der Waals surface area contributed by atoms with E-state index in [0.29, 0.717) is 12.1 Å². The average Bonchev–Trinajstić information content (AvgIpc) is 2.72. The molecule has 1 atom stereocenters. The average molecular weight is 267 g/mol. The van der Waals surface area contributed by atoms with E-state index in [1.165, 1.54) is 22.6 Å².